The Hall–Kier alpha value is -2.18. The molecule has 1 amide bonds. The molecule has 120 valence electrons. The minimum absolute atomic E-state index is 0.156. The smallest absolute Gasteiger partial charge is 0.345 e. The SMILES string of the molecule is O=C(NCc1ccc(C(=O)O)s1)c1cccc([C@H]2CCOC2)c1. The molecule has 6 heteroatoms. The first-order valence-corrected chi connectivity index (χ1v) is 8.23. The van der Waals surface area contributed by atoms with E-state index < -0.39 is 5.97 Å². The van der Waals surface area contributed by atoms with Gasteiger partial charge in [0.1, 0.15) is 4.88 Å². The molecule has 1 fully saturated rings. The van der Waals surface area contributed by atoms with E-state index >= 15 is 0 Å². The van der Waals surface area contributed by atoms with Gasteiger partial charge in [0.25, 0.3) is 5.91 Å². The third kappa shape index (κ3) is 3.78. The second-order valence-electron chi connectivity index (χ2n) is 5.44. The molecule has 1 atom stereocenters. The van der Waals surface area contributed by atoms with Gasteiger partial charge in [-0.05, 0) is 36.2 Å². The van der Waals surface area contributed by atoms with Crippen molar-refractivity contribution in [1.82, 2.24) is 5.32 Å². The van der Waals surface area contributed by atoms with E-state index in [0.717, 1.165) is 23.5 Å². The third-order valence-electron chi connectivity index (χ3n) is 3.85. The predicted molar refractivity (Wildman–Crippen MR) is 87.1 cm³/mol. The van der Waals surface area contributed by atoms with Crippen molar-refractivity contribution in [3.05, 3.63) is 57.3 Å². The van der Waals surface area contributed by atoms with Crippen LogP contribution in [-0.4, -0.2) is 30.2 Å². The van der Waals surface area contributed by atoms with Crippen molar-refractivity contribution in [3.63, 3.8) is 0 Å². The van der Waals surface area contributed by atoms with Gasteiger partial charge in [0.2, 0.25) is 0 Å². The van der Waals surface area contributed by atoms with Crippen molar-refractivity contribution in [2.24, 2.45) is 0 Å². The summed E-state index contributed by atoms with van der Waals surface area (Å²) in [7, 11) is 0. The molecule has 1 saturated heterocycles. The van der Waals surface area contributed by atoms with Crippen LogP contribution >= 0.6 is 11.3 Å². The van der Waals surface area contributed by atoms with Crippen LogP contribution in [0.25, 0.3) is 0 Å². The topological polar surface area (TPSA) is 75.6 Å². The number of aromatic carboxylic acids is 1. The second-order valence-corrected chi connectivity index (χ2v) is 6.61. The molecular formula is C17H17NO4S. The Morgan fingerprint density at radius 2 is 2.17 bits per heavy atom. The number of hydrogen-bond acceptors (Lipinski definition) is 4. The van der Waals surface area contributed by atoms with Gasteiger partial charge in [-0.2, -0.15) is 0 Å². The van der Waals surface area contributed by atoms with E-state index in [2.05, 4.69) is 5.32 Å². The quantitative estimate of drug-likeness (QED) is 0.883. The maximum Gasteiger partial charge on any atom is 0.345 e. The summed E-state index contributed by atoms with van der Waals surface area (Å²) < 4.78 is 5.39. The second kappa shape index (κ2) is 6.93. The largest absolute Gasteiger partial charge is 0.477 e. The summed E-state index contributed by atoms with van der Waals surface area (Å²) >= 11 is 1.17. The molecule has 0 aliphatic carbocycles. The van der Waals surface area contributed by atoms with E-state index in [0.29, 0.717) is 24.6 Å². The van der Waals surface area contributed by atoms with Crippen LogP contribution in [0.15, 0.2) is 36.4 Å². The van der Waals surface area contributed by atoms with E-state index in [-0.39, 0.29) is 10.8 Å². The molecule has 2 N–H and O–H groups in total. The lowest BCUT2D eigenvalue weighted by Gasteiger charge is -2.10. The van der Waals surface area contributed by atoms with Gasteiger partial charge in [-0.3, -0.25) is 4.79 Å². The zero-order chi connectivity index (χ0) is 16.2. The molecule has 1 aromatic carbocycles. The number of carboxylic acids is 1. The molecule has 1 aliphatic rings. The molecule has 2 heterocycles. The van der Waals surface area contributed by atoms with Gasteiger partial charge in [-0.15, -0.1) is 11.3 Å². The Labute approximate surface area is 137 Å². The Bertz CT molecular complexity index is 719. The minimum Gasteiger partial charge on any atom is -0.477 e. The number of nitrogens with one attached hydrogen (secondary N) is 1. The van der Waals surface area contributed by atoms with Crippen molar-refractivity contribution in [2.45, 2.75) is 18.9 Å². The summed E-state index contributed by atoms with van der Waals surface area (Å²) in [6.07, 6.45) is 0.984. The minimum atomic E-state index is -0.945. The molecular weight excluding hydrogens is 314 g/mol. The number of hydrogen-bond donors (Lipinski definition) is 2. The van der Waals surface area contributed by atoms with Crippen molar-refractivity contribution in [1.29, 1.82) is 0 Å². The van der Waals surface area contributed by atoms with Gasteiger partial charge in [-0.25, -0.2) is 4.79 Å². The van der Waals surface area contributed by atoms with Crippen LogP contribution in [0.2, 0.25) is 0 Å². The van der Waals surface area contributed by atoms with Crippen molar-refractivity contribution in [3.8, 4) is 0 Å². The lowest BCUT2D eigenvalue weighted by atomic mass is 9.96. The van der Waals surface area contributed by atoms with E-state index in [9.17, 15) is 9.59 Å². The van der Waals surface area contributed by atoms with Gasteiger partial charge in [-0.1, -0.05) is 12.1 Å². The third-order valence-corrected chi connectivity index (χ3v) is 4.92. The molecule has 3 rings (SSSR count). The zero-order valence-corrected chi connectivity index (χ0v) is 13.3. The number of thiophene rings is 1. The first-order chi connectivity index (χ1) is 11.1. The van der Waals surface area contributed by atoms with Crippen molar-refractivity contribution >= 4 is 23.2 Å². The normalized spacial score (nSPS) is 17.1. The standard InChI is InChI=1S/C17H17NO4S/c19-16(18-9-14-4-5-15(23-14)17(20)21)12-3-1-2-11(8-12)13-6-7-22-10-13/h1-5,8,13H,6-7,9-10H2,(H,18,19)(H,20,21)/t13-/m0/s1. The molecule has 1 aromatic heterocycles. The number of carbonyl (C=O) groups excluding carboxylic acids is 1. The molecule has 0 spiro atoms. The molecule has 2 aromatic rings. The molecule has 23 heavy (non-hydrogen) atoms. The molecule has 0 saturated carbocycles. The molecule has 0 unspecified atom stereocenters. The molecule has 1 aliphatic heterocycles. The Balaban J connectivity index is 1.63. The highest BCUT2D eigenvalue weighted by atomic mass is 32.1. The van der Waals surface area contributed by atoms with Crippen LogP contribution in [0.5, 0.6) is 0 Å². The van der Waals surface area contributed by atoms with Crippen LogP contribution in [0.1, 0.15) is 42.8 Å². The van der Waals surface area contributed by atoms with E-state index in [1.165, 1.54) is 11.3 Å². The highest BCUT2D eigenvalue weighted by Crippen LogP contribution is 2.25. The number of carbonyl (C=O) groups is 2. The van der Waals surface area contributed by atoms with Gasteiger partial charge < -0.3 is 15.2 Å². The maximum atomic E-state index is 12.3. The van der Waals surface area contributed by atoms with Gasteiger partial charge in [0.05, 0.1) is 13.2 Å². The van der Waals surface area contributed by atoms with Gasteiger partial charge in [0, 0.05) is 23.0 Å². The van der Waals surface area contributed by atoms with Crippen LogP contribution < -0.4 is 5.32 Å². The number of benzene rings is 1. The molecule has 0 bridgehead atoms. The first-order valence-electron chi connectivity index (χ1n) is 7.41. The lowest BCUT2D eigenvalue weighted by molar-refractivity contribution is 0.0702. The highest BCUT2D eigenvalue weighted by Gasteiger charge is 2.18. The van der Waals surface area contributed by atoms with Crippen LogP contribution in [0, 0.1) is 0 Å². The summed E-state index contributed by atoms with van der Waals surface area (Å²) in [6.45, 7) is 1.80. The molecule has 0 radical (unpaired) electrons. The summed E-state index contributed by atoms with van der Waals surface area (Å²) in [5.41, 5.74) is 1.74. The Morgan fingerprint density at radius 1 is 1.30 bits per heavy atom. The number of ether oxygens (including phenoxy) is 1. The predicted octanol–water partition coefficient (Wildman–Crippen LogP) is 2.88. The summed E-state index contributed by atoms with van der Waals surface area (Å²) in [6, 6.07) is 10.9. The van der Waals surface area contributed by atoms with Crippen molar-refractivity contribution < 1.29 is 19.4 Å². The maximum absolute atomic E-state index is 12.3. The Kier molecular flexibility index (Phi) is 4.73. The summed E-state index contributed by atoms with van der Waals surface area (Å²) in [5.74, 6) is -0.742. The Morgan fingerprint density at radius 3 is 2.87 bits per heavy atom. The van der Waals surface area contributed by atoms with Gasteiger partial charge in [0.15, 0.2) is 0 Å². The monoisotopic (exact) mass is 331 g/mol. The number of rotatable bonds is 5. The van der Waals surface area contributed by atoms with E-state index in [4.69, 9.17) is 9.84 Å². The van der Waals surface area contributed by atoms with E-state index in [1.54, 1.807) is 18.2 Å². The van der Waals surface area contributed by atoms with Crippen LogP contribution in [0.3, 0.4) is 0 Å². The fourth-order valence-corrected chi connectivity index (χ4v) is 3.37. The number of carboxylic acid groups (broad SMARTS) is 1. The lowest BCUT2D eigenvalue weighted by Crippen LogP contribution is -2.22. The number of amides is 1. The zero-order valence-electron chi connectivity index (χ0n) is 12.5. The fraction of sp³-hybridized carbons (Fsp3) is 0.294. The van der Waals surface area contributed by atoms with Crippen LogP contribution in [0.4, 0.5) is 0 Å². The van der Waals surface area contributed by atoms with Crippen LogP contribution in [-0.2, 0) is 11.3 Å². The summed E-state index contributed by atoms with van der Waals surface area (Å²) in [5, 5.41) is 11.7. The van der Waals surface area contributed by atoms with E-state index in [1.807, 2.05) is 18.2 Å². The highest BCUT2D eigenvalue weighted by molar-refractivity contribution is 7.13. The van der Waals surface area contributed by atoms with Crippen molar-refractivity contribution in [2.75, 3.05) is 13.2 Å². The average Bonchev–Trinajstić information content (AvgIpc) is 3.24. The molecule has 5 nitrogen and oxygen atoms in total. The first kappa shape index (κ1) is 15.7. The average molecular weight is 331 g/mol. The fourth-order valence-electron chi connectivity index (χ4n) is 2.59. The summed E-state index contributed by atoms with van der Waals surface area (Å²) in [4.78, 5) is 24.2. The van der Waals surface area contributed by atoms with Gasteiger partial charge >= 0.3 is 5.97 Å².